The lowest BCUT2D eigenvalue weighted by Gasteiger charge is -2.07. The van der Waals surface area contributed by atoms with E-state index in [0.717, 1.165) is 34.4 Å². The second-order valence-electron chi connectivity index (χ2n) is 4.88. The summed E-state index contributed by atoms with van der Waals surface area (Å²) in [5.74, 6) is 1.65. The minimum absolute atomic E-state index is 0.676. The van der Waals surface area contributed by atoms with Crippen molar-refractivity contribution in [1.29, 1.82) is 5.26 Å². The van der Waals surface area contributed by atoms with Crippen LogP contribution in [0.15, 0.2) is 53.9 Å². The van der Waals surface area contributed by atoms with Crippen molar-refractivity contribution < 1.29 is 0 Å². The summed E-state index contributed by atoms with van der Waals surface area (Å²) in [5, 5.41) is 18.4. The Kier molecular flexibility index (Phi) is 4.69. The molecule has 2 heterocycles. The van der Waals surface area contributed by atoms with E-state index >= 15 is 0 Å². The molecular formula is C17H15N5S. The summed E-state index contributed by atoms with van der Waals surface area (Å²) in [7, 11) is 0. The first kappa shape index (κ1) is 15.3. The van der Waals surface area contributed by atoms with Gasteiger partial charge in [-0.05, 0) is 36.8 Å². The second-order valence-corrected chi connectivity index (χ2v) is 5.83. The smallest absolute Gasteiger partial charge is 0.191 e. The average Bonchev–Trinajstić information content (AvgIpc) is 3.04. The number of thioether (sulfide) groups is 1. The van der Waals surface area contributed by atoms with Gasteiger partial charge in [0.2, 0.25) is 0 Å². The maximum atomic E-state index is 8.83. The Morgan fingerprint density at radius 2 is 1.83 bits per heavy atom. The largest absolute Gasteiger partial charge is 0.302 e. The summed E-state index contributed by atoms with van der Waals surface area (Å²) in [6, 6.07) is 13.6. The van der Waals surface area contributed by atoms with Crippen molar-refractivity contribution >= 4 is 11.8 Å². The van der Waals surface area contributed by atoms with Crippen LogP contribution >= 0.6 is 11.8 Å². The molecule has 3 aromatic rings. The third-order valence-corrected chi connectivity index (χ3v) is 4.46. The Labute approximate surface area is 139 Å². The first-order chi connectivity index (χ1) is 11.3. The first-order valence-electron chi connectivity index (χ1n) is 7.27. The van der Waals surface area contributed by atoms with E-state index in [1.165, 1.54) is 0 Å². The van der Waals surface area contributed by atoms with Crippen molar-refractivity contribution in [2.24, 2.45) is 0 Å². The Hall–Kier alpha value is -2.65. The van der Waals surface area contributed by atoms with Crippen molar-refractivity contribution in [3.05, 3.63) is 59.9 Å². The predicted molar refractivity (Wildman–Crippen MR) is 89.6 cm³/mol. The van der Waals surface area contributed by atoms with Gasteiger partial charge in [-0.15, -0.1) is 10.2 Å². The first-order valence-corrected chi connectivity index (χ1v) is 8.26. The van der Waals surface area contributed by atoms with Gasteiger partial charge in [0, 0.05) is 30.3 Å². The van der Waals surface area contributed by atoms with Crippen molar-refractivity contribution in [2.45, 2.75) is 24.4 Å². The van der Waals surface area contributed by atoms with E-state index in [-0.39, 0.29) is 0 Å². The van der Waals surface area contributed by atoms with Crippen molar-refractivity contribution in [1.82, 2.24) is 19.7 Å². The molecule has 1 aromatic carbocycles. The highest BCUT2D eigenvalue weighted by Crippen LogP contribution is 2.26. The molecule has 0 aliphatic heterocycles. The van der Waals surface area contributed by atoms with E-state index in [2.05, 4.69) is 32.7 Å². The summed E-state index contributed by atoms with van der Waals surface area (Å²) >= 11 is 1.64. The lowest BCUT2D eigenvalue weighted by molar-refractivity contribution is 0.687. The van der Waals surface area contributed by atoms with Gasteiger partial charge in [0.15, 0.2) is 11.0 Å². The number of hydrogen-bond donors (Lipinski definition) is 0. The van der Waals surface area contributed by atoms with Gasteiger partial charge in [0.25, 0.3) is 0 Å². The fourth-order valence-electron chi connectivity index (χ4n) is 2.22. The van der Waals surface area contributed by atoms with Crippen LogP contribution in [0.25, 0.3) is 11.4 Å². The predicted octanol–water partition coefficient (Wildman–Crippen LogP) is 3.52. The molecule has 0 saturated carbocycles. The van der Waals surface area contributed by atoms with Crippen LogP contribution in [0.1, 0.15) is 18.1 Å². The molecule has 2 aromatic heterocycles. The van der Waals surface area contributed by atoms with E-state index in [0.29, 0.717) is 5.56 Å². The van der Waals surface area contributed by atoms with E-state index in [4.69, 9.17) is 5.26 Å². The maximum absolute atomic E-state index is 8.83. The molecule has 23 heavy (non-hydrogen) atoms. The maximum Gasteiger partial charge on any atom is 0.191 e. The van der Waals surface area contributed by atoms with Gasteiger partial charge in [-0.3, -0.25) is 4.98 Å². The van der Waals surface area contributed by atoms with Crippen LogP contribution in [0.3, 0.4) is 0 Å². The quantitative estimate of drug-likeness (QED) is 0.673. The molecule has 0 radical (unpaired) electrons. The molecule has 0 saturated heterocycles. The fourth-order valence-corrected chi connectivity index (χ4v) is 3.18. The second kappa shape index (κ2) is 7.07. The summed E-state index contributed by atoms with van der Waals surface area (Å²) < 4.78 is 2.10. The van der Waals surface area contributed by atoms with Crippen LogP contribution in [0, 0.1) is 11.3 Å². The van der Waals surface area contributed by atoms with Crippen molar-refractivity contribution in [3.63, 3.8) is 0 Å². The van der Waals surface area contributed by atoms with Gasteiger partial charge in [-0.1, -0.05) is 23.9 Å². The molecule has 0 aliphatic rings. The molecule has 0 atom stereocenters. The molecule has 5 nitrogen and oxygen atoms in total. The van der Waals surface area contributed by atoms with E-state index in [1.54, 1.807) is 24.2 Å². The Balaban J connectivity index is 1.78. The zero-order valence-electron chi connectivity index (χ0n) is 12.7. The fraction of sp³-hybridized carbons (Fsp3) is 0.176. The van der Waals surface area contributed by atoms with E-state index in [9.17, 15) is 0 Å². The Morgan fingerprint density at radius 1 is 1.09 bits per heavy atom. The van der Waals surface area contributed by atoms with Gasteiger partial charge in [0.05, 0.1) is 11.6 Å². The van der Waals surface area contributed by atoms with Crippen LogP contribution in [0.2, 0.25) is 0 Å². The van der Waals surface area contributed by atoms with E-state index < -0.39 is 0 Å². The number of nitrogens with zero attached hydrogens (tertiary/aromatic N) is 5. The molecule has 114 valence electrons. The molecule has 0 amide bonds. The molecule has 0 N–H and O–H groups in total. The molecular weight excluding hydrogens is 306 g/mol. The van der Waals surface area contributed by atoms with Crippen LogP contribution in [0.5, 0.6) is 0 Å². The van der Waals surface area contributed by atoms with E-state index in [1.807, 2.05) is 36.4 Å². The number of rotatable bonds is 5. The molecule has 0 unspecified atom stereocenters. The zero-order chi connectivity index (χ0) is 16.1. The van der Waals surface area contributed by atoms with Gasteiger partial charge in [-0.25, -0.2) is 0 Å². The summed E-state index contributed by atoms with van der Waals surface area (Å²) in [4.78, 5) is 4.04. The third kappa shape index (κ3) is 3.41. The molecule has 0 aliphatic carbocycles. The highest BCUT2D eigenvalue weighted by Gasteiger charge is 2.13. The van der Waals surface area contributed by atoms with Gasteiger partial charge in [0.1, 0.15) is 0 Å². The van der Waals surface area contributed by atoms with Gasteiger partial charge in [-0.2, -0.15) is 5.26 Å². The number of aromatic nitrogens is 4. The Morgan fingerprint density at radius 3 is 2.48 bits per heavy atom. The monoisotopic (exact) mass is 321 g/mol. The topological polar surface area (TPSA) is 67.4 Å². The highest BCUT2D eigenvalue weighted by atomic mass is 32.2. The molecule has 3 rings (SSSR count). The van der Waals surface area contributed by atoms with Crippen LogP contribution < -0.4 is 0 Å². The molecule has 0 spiro atoms. The van der Waals surface area contributed by atoms with Crippen LogP contribution in [-0.4, -0.2) is 19.7 Å². The summed E-state index contributed by atoms with van der Waals surface area (Å²) in [6.07, 6.45) is 3.52. The highest BCUT2D eigenvalue weighted by molar-refractivity contribution is 7.98. The summed E-state index contributed by atoms with van der Waals surface area (Å²) in [5.41, 5.74) is 2.85. The summed E-state index contributed by atoms with van der Waals surface area (Å²) in [6.45, 7) is 2.89. The zero-order valence-corrected chi connectivity index (χ0v) is 13.5. The van der Waals surface area contributed by atoms with Crippen LogP contribution in [0.4, 0.5) is 0 Å². The van der Waals surface area contributed by atoms with Gasteiger partial charge >= 0.3 is 0 Å². The molecule has 0 bridgehead atoms. The van der Waals surface area contributed by atoms with Crippen LogP contribution in [-0.2, 0) is 12.3 Å². The van der Waals surface area contributed by atoms with Crippen molar-refractivity contribution in [3.8, 4) is 17.5 Å². The lowest BCUT2D eigenvalue weighted by Crippen LogP contribution is -1.99. The Bertz CT molecular complexity index is 818. The number of hydrogen-bond acceptors (Lipinski definition) is 5. The standard InChI is InChI=1S/C17H15N5S/c1-2-22-16(15-7-9-19-10-8-15)20-21-17(22)23-12-14-5-3-13(11-18)4-6-14/h3-10H,2,12H2,1H3. The van der Waals surface area contributed by atoms with Crippen molar-refractivity contribution in [2.75, 3.05) is 0 Å². The molecule has 6 heteroatoms. The molecule has 0 fully saturated rings. The third-order valence-electron chi connectivity index (χ3n) is 3.42. The number of nitriles is 1. The minimum Gasteiger partial charge on any atom is -0.302 e. The number of benzene rings is 1. The lowest BCUT2D eigenvalue weighted by atomic mass is 10.2. The normalized spacial score (nSPS) is 10.4. The van der Waals surface area contributed by atoms with Gasteiger partial charge < -0.3 is 4.57 Å². The number of pyridine rings is 1. The SMILES string of the molecule is CCn1c(SCc2ccc(C#N)cc2)nnc1-c1ccncc1. The average molecular weight is 321 g/mol. The minimum atomic E-state index is 0.676.